The Bertz CT molecular complexity index is 1010. The van der Waals surface area contributed by atoms with Crippen molar-refractivity contribution in [3.63, 3.8) is 0 Å². The number of carbonyl (C=O) groups is 3. The van der Waals surface area contributed by atoms with Gasteiger partial charge in [-0.3, -0.25) is 14.4 Å². The molecule has 1 atom stereocenters. The van der Waals surface area contributed by atoms with Crippen molar-refractivity contribution >= 4 is 18.3 Å². The predicted molar refractivity (Wildman–Crippen MR) is 128 cm³/mol. The standard InChI is InChI=1S/C25H30N2O9/c1-18(2)26(25(30)21-9-4-20(5-10-21)15-36-27(31)32)14-23(35-17-28)16-34-22-11-6-19(7-12-22)8-13-24(29)33-3/h4-7,9-12,17-18,23H,8,13-16H2,1-3H3. The Morgan fingerprint density at radius 2 is 1.69 bits per heavy atom. The lowest BCUT2D eigenvalue weighted by atomic mass is 10.1. The van der Waals surface area contributed by atoms with Gasteiger partial charge in [-0.25, -0.2) is 0 Å². The van der Waals surface area contributed by atoms with Crippen LogP contribution in [0.4, 0.5) is 0 Å². The highest BCUT2D eigenvalue weighted by molar-refractivity contribution is 5.94. The van der Waals surface area contributed by atoms with Gasteiger partial charge in [0.05, 0.1) is 13.7 Å². The summed E-state index contributed by atoms with van der Waals surface area (Å²) in [6.45, 7) is 3.89. The number of rotatable bonds is 15. The maximum atomic E-state index is 13.1. The van der Waals surface area contributed by atoms with E-state index in [1.54, 1.807) is 41.3 Å². The topological polar surface area (TPSA) is 135 Å². The van der Waals surface area contributed by atoms with Crippen LogP contribution in [0.5, 0.6) is 5.75 Å². The van der Waals surface area contributed by atoms with Crippen LogP contribution < -0.4 is 4.74 Å². The van der Waals surface area contributed by atoms with Gasteiger partial charge in [-0.1, -0.05) is 24.3 Å². The Morgan fingerprint density at radius 1 is 1.06 bits per heavy atom. The number of aryl methyl sites for hydroxylation is 1. The summed E-state index contributed by atoms with van der Waals surface area (Å²) in [5, 5.41) is 9.47. The van der Waals surface area contributed by atoms with Gasteiger partial charge in [-0.2, -0.15) is 0 Å². The molecule has 0 saturated carbocycles. The summed E-state index contributed by atoms with van der Waals surface area (Å²) in [5.74, 6) is -0.0271. The van der Waals surface area contributed by atoms with E-state index >= 15 is 0 Å². The predicted octanol–water partition coefficient (Wildman–Crippen LogP) is 2.97. The third-order valence-corrected chi connectivity index (χ3v) is 5.27. The van der Waals surface area contributed by atoms with Crippen LogP contribution in [0, 0.1) is 10.1 Å². The molecule has 194 valence electrons. The molecule has 0 bridgehead atoms. The van der Waals surface area contributed by atoms with Crippen LogP contribution in [0.2, 0.25) is 0 Å². The van der Waals surface area contributed by atoms with Crippen LogP contribution in [0.25, 0.3) is 0 Å². The highest BCUT2D eigenvalue weighted by Gasteiger charge is 2.24. The Balaban J connectivity index is 1.99. The molecule has 1 unspecified atom stereocenters. The fourth-order valence-electron chi connectivity index (χ4n) is 3.29. The summed E-state index contributed by atoms with van der Waals surface area (Å²) in [7, 11) is 1.35. The molecular formula is C25H30N2O9. The van der Waals surface area contributed by atoms with Crippen molar-refractivity contribution in [3.8, 4) is 5.75 Å². The quantitative estimate of drug-likeness (QED) is 0.156. The van der Waals surface area contributed by atoms with Gasteiger partial charge in [0.2, 0.25) is 0 Å². The van der Waals surface area contributed by atoms with Crippen LogP contribution in [-0.4, -0.2) is 60.7 Å². The second-order valence-electron chi connectivity index (χ2n) is 8.13. The molecule has 1 amide bonds. The maximum Gasteiger partial charge on any atom is 0.305 e. The van der Waals surface area contributed by atoms with Gasteiger partial charge in [0, 0.05) is 18.0 Å². The van der Waals surface area contributed by atoms with Crippen molar-refractivity contribution in [1.29, 1.82) is 0 Å². The number of nitrogens with zero attached hydrogens (tertiary/aromatic N) is 2. The summed E-state index contributed by atoms with van der Waals surface area (Å²) in [4.78, 5) is 51.7. The Morgan fingerprint density at radius 3 is 2.25 bits per heavy atom. The number of esters is 1. The molecule has 0 aliphatic rings. The van der Waals surface area contributed by atoms with E-state index in [0.29, 0.717) is 29.8 Å². The third-order valence-electron chi connectivity index (χ3n) is 5.27. The molecule has 11 nitrogen and oxygen atoms in total. The lowest BCUT2D eigenvalue weighted by Gasteiger charge is -2.30. The normalized spacial score (nSPS) is 11.3. The lowest BCUT2D eigenvalue weighted by molar-refractivity contribution is -0.763. The molecule has 2 rings (SSSR count). The molecule has 36 heavy (non-hydrogen) atoms. The van der Waals surface area contributed by atoms with E-state index in [2.05, 4.69) is 9.57 Å². The summed E-state index contributed by atoms with van der Waals surface area (Å²) in [6.07, 6.45) is 0.0972. The molecule has 0 spiro atoms. The van der Waals surface area contributed by atoms with E-state index in [0.717, 1.165) is 5.56 Å². The first-order valence-corrected chi connectivity index (χ1v) is 11.3. The molecular weight excluding hydrogens is 472 g/mol. The first-order chi connectivity index (χ1) is 17.2. The van der Waals surface area contributed by atoms with Crippen molar-refractivity contribution in [2.75, 3.05) is 20.3 Å². The maximum absolute atomic E-state index is 13.1. The average molecular weight is 503 g/mol. The molecule has 2 aromatic carbocycles. The van der Waals surface area contributed by atoms with Crippen LogP contribution in [-0.2, 0) is 36.9 Å². The number of hydrogen-bond donors (Lipinski definition) is 0. The van der Waals surface area contributed by atoms with E-state index in [-0.39, 0.29) is 44.1 Å². The monoisotopic (exact) mass is 502 g/mol. The summed E-state index contributed by atoms with van der Waals surface area (Å²) in [6, 6.07) is 13.2. The SMILES string of the molecule is COC(=O)CCc1ccc(OCC(CN(C(=O)c2ccc(CO[N+](=O)[O-])cc2)C(C)C)OC=O)cc1. The number of amides is 1. The number of ether oxygens (including phenoxy) is 3. The largest absolute Gasteiger partial charge is 0.490 e. The number of benzene rings is 2. The average Bonchev–Trinajstić information content (AvgIpc) is 2.87. The molecule has 0 saturated heterocycles. The van der Waals surface area contributed by atoms with E-state index in [1.165, 1.54) is 7.11 Å². The second kappa shape index (κ2) is 14.3. The second-order valence-corrected chi connectivity index (χ2v) is 8.13. The van der Waals surface area contributed by atoms with Crippen molar-refractivity contribution in [2.24, 2.45) is 0 Å². The summed E-state index contributed by atoms with van der Waals surface area (Å²) >= 11 is 0. The molecule has 0 aliphatic heterocycles. The zero-order chi connectivity index (χ0) is 26.5. The molecule has 0 radical (unpaired) electrons. The van der Waals surface area contributed by atoms with Crippen molar-refractivity contribution in [2.45, 2.75) is 45.4 Å². The Kier molecular flexibility index (Phi) is 11.2. The van der Waals surface area contributed by atoms with Gasteiger partial charge in [-0.05, 0) is 55.7 Å². The van der Waals surface area contributed by atoms with Gasteiger partial charge >= 0.3 is 5.97 Å². The van der Waals surface area contributed by atoms with Crippen LogP contribution in [0.15, 0.2) is 48.5 Å². The molecule has 11 heteroatoms. The van der Waals surface area contributed by atoms with Gasteiger partial charge in [0.15, 0.2) is 6.10 Å². The molecule has 2 aromatic rings. The molecule has 0 fully saturated rings. The van der Waals surface area contributed by atoms with Crippen molar-refractivity contribution in [1.82, 2.24) is 4.90 Å². The lowest BCUT2D eigenvalue weighted by Crippen LogP contribution is -2.44. The van der Waals surface area contributed by atoms with Crippen LogP contribution >= 0.6 is 0 Å². The minimum absolute atomic E-state index is 0.0217. The Hall–Kier alpha value is -4.15. The number of hydrogen-bond acceptors (Lipinski definition) is 9. The summed E-state index contributed by atoms with van der Waals surface area (Å²) in [5.41, 5.74) is 1.87. The zero-order valence-electron chi connectivity index (χ0n) is 20.5. The highest BCUT2D eigenvalue weighted by Crippen LogP contribution is 2.16. The van der Waals surface area contributed by atoms with E-state index < -0.39 is 11.2 Å². The molecule has 0 N–H and O–H groups in total. The first-order valence-electron chi connectivity index (χ1n) is 11.3. The molecule has 0 aliphatic carbocycles. The van der Waals surface area contributed by atoms with Crippen LogP contribution in [0.1, 0.15) is 41.8 Å². The molecule has 0 aromatic heterocycles. The fourth-order valence-corrected chi connectivity index (χ4v) is 3.29. The highest BCUT2D eigenvalue weighted by atomic mass is 16.9. The van der Waals surface area contributed by atoms with E-state index in [1.807, 2.05) is 26.0 Å². The van der Waals surface area contributed by atoms with Crippen molar-refractivity contribution in [3.05, 3.63) is 75.3 Å². The first kappa shape index (κ1) is 28.1. The zero-order valence-corrected chi connectivity index (χ0v) is 20.5. The molecule has 0 heterocycles. The van der Waals surface area contributed by atoms with E-state index in [4.69, 9.17) is 9.47 Å². The van der Waals surface area contributed by atoms with Gasteiger partial charge in [0.25, 0.3) is 17.5 Å². The van der Waals surface area contributed by atoms with Crippen LogP contribution in [0.3, 0.4) is 0 Å². The Labute approximate surface area is 209 Å². The van der Waals surface area contributed by atoms with Gasteiger partial charge < -0.3 is 23.9 Å². The number of methoxy groups -OCH3 is 1. The van der Waals surface area contributed by atoms with Crippen molar-refractivity contribution < 1.29 is 38.5 Å². The smallest absolute Gasteiger partial charge is 0.305 e. The fraction of sp³-hybridized carbons (Fsp3) is 0.400. The van der Waals surface area contributed by atoms with Gasteiger partial charge in [0.1, 0.15) is 19.0 Å². The number of carbonyl (C=O) groups excluding carboxylic acids is 3. The minimum Gasteiger partial charge on any atom is -0.490 e. The summed E-state index contributed by atoms with van der Waals surface area (Å²) < 4.78 is 15.6. The van der Waals surface area contributed by atoms with E-state index in [9.17, 15) is 24.5 Å². The minimum atomic E-state index is -0.881. The third kappa shape index (κ3) is 9.24. The van der Waals surface area contributed by atoms with Gasteiger partial charge in [-0.15, -0.1) is 10.1 Å².